The number of nitrogens with zero attached hydrogens (tertiary/aromatic N) is 4. The molecule has 2 aromatic carbocycles. The number of nitrogens with two attached hydrogens (primary N) is 2. The third-order valence-corrected chi connectivity index (χ3v) is 8.31. The Morgan fingerprint density at radius 2 is 1.87 bits per heavy atom. The van der Waals surface area contributed by atoms with Crippen LogP contribution in [0.1, 0.15) is 12.0 Å². The first-order chi connectivity index (χ1) is 17.8. The van der Waals surface area contributed by atoms with E-state index in [1.54, 1.807) is 24.3 Å². The van der Waals surface area contributed by atoms with Gasteiger partial charge in [-0.05, 0) is 29.8 Å². The van der Waals surface area contributed by atoms with E-state index in [1.165, 1.54) is 0 Å². The van der Waals surface area contributed by atoms with Crippen LogP contribution in [-0.4, -0.2) is 61.4 Å². The number of carbonyl (C=O) groups is 1. The summed E-state index contributed by atoms with van der Waals surface area (Å²) in [5, 5.41) is 8.00. The molecule has 10 nitrogen and oxygen atoms in total. The van der Waals surface area contributed by atoms with Gasteiger partial charge in [0.15, 0.2) is 9.84 Å². The van der Waals surface area contributed by atoms with Crippen molar-refractivity contribution in [1.82, 2.24) is 10.2 Å². The van der Waals surface area contributed by atoms with E-state index in [-0.39, 0.29) is 30.4 Å². The predicted octanol–water partition coefficient (Wildman–Crippen LogP) is 2.35. The van der Waals surface area contributed by atoms with Crippen LogP contribution >= 0.6 is 11.6 Å². The largest absolute Gasteiger partial charge is 0.403 e. The molecule has 0 radical (unpaired) electrons. The number of hydrogen-bond acceptors (Lipinski definition) is 9. The number of piperidine rings is 1. The molecule has 4 N–H and O–H groups in total. The van der Waals surface area contributed by atoms with Crippen molar-refractivity contribution in [1.29, 1.82) is 0 Å². The summed E-state index contributed by atoms with van der Waals surface area (Å²) < 4.78 is 74.8. The SMILES string of the molecule is NC1CN(c2nnc(-c3cc4c(cc3F)S(=O)(=O)C[C@H](N)C(=O)N4Cc3ccc(Cl)cc3)o2)CC(F)(F)C1. The van der Waals surface area contributed by atoms with E-state index in [4.69, 9.17) is 27.5 Å². The second kappa shape index (κ2) is 9.52. The summed E-state index contributed by atoms with van der Waals surface area (Å²) in [6.07, 6.45) is -0.502. The van der Waals surface area contributed by atoms with Gasteiger partial charge in [0, 0.05) is 24.0 Å². The summed E-state index contributed by atoms with van der Waals surface area (Å²) in [6.45, 7) is -0.787. The summed E-state index contributed by atoms with van der Waals surface area (Å²) in [7, 11) is -4.17. The highest BCUT2D eigenvalue weighted by atomic mass is 35.5. The molecule has 1 fully saturated rings. The van der Waals surface area contributed by atoms with Crippen molar-refractivity contribution < 1.29 is 30.8 Å². The Hall–Kier alpha value is -3.20. The molecule has 2 aliphatic rings. The van der Waals surface area contributed by atoms with Crippen molar-refractivity contribution in [3.05, 3.63) is 52.8 Å². The van der Waals surface area contributed by atoms with Crippen LogP contribution in [0.2, 0.25) is 5.02 Å². The van der Waals surface area contributed by atoms with Crippen LogP contribution < -0.4 is 21.3 Å². The molecular weight excluding hydrogens is 549 g/mol. The molecule has 3 aromatic rings. The zero-order valence-electron chi connectivity index (χ0n) is 19.7. The van der Waals surface area contributed by atoms with Gasteiger partial charge in [-0.15, -0.1) is 5.10 Å². The maximum Gasteiger partial charge on any atom is 0.318 e. The van der Waals surface area contributed by atoms with E-state index >= 15 is 4.39 Å². The molecule has 5 rings (SSSR count). The first-order valence-corrected chi connectivity index (χ1v) is 13.5. The van der Waals surface area contributed by atoms with Crippen molar-refractivity contribution >= 4 is 39.0 Å². The van der Waals surface area contributed by atoms with Gasteiger partial charge in [-0.2, -0.15) is 0 Å². The van der Waals surface area contributed by atoms with Crippen LogP contribution in [0.15, 0.2) is 45.7 Å². The smallest absolute Gasteiger partial charge is 0.318 e. The van der Waals surface area contributed by atoms with Crippen molar-refractivity contribution in [2.75, 3.05) is 28.6 Å². The molecule has 1 aromatic heterocycles. The number of fused-ring (bicyclic) bond motifs is 1. The number of benzene rings is 2. The zero-order valence-corrected chi connectivity index (χ0v) is 21.2. The first-order valence-electron chi connectivity index (χ1n) is 11.4. The lowest BCUT2D eigenvalue weighted by Crippen LogP contribution is -2.52. The van der Waals surface area contributed by atoms with Crippen LogP contribution in [0.25, 0.3) is 11.5 Å². The number of anilines is 2. The standard InChI is InChI=1S/C23H22ClF3N6O4S/c24-13-3-1-12(2-4-13)8-33-18-5-15(16(25)6-19(18)38(35,36)10-17(29)21(33)34)20-30-31-22(37-20)32-9-14(28)7-23(26,27)11-32/h1-6,14,17H,7-11,28-29H2/t14?,17-/m0/s1. The second-order valence-corrected chi connectivity index (χ2v) is 11.8. The molecule has 15 heteroatoms. The van der Waals surface area contributed by atoms with Gasteiger partial charge in [-0.1, -0.05) is 28.8 Å². The summed E-state index contributed by atoms with van der Waals surface area (Å²) in [6, 6.07) is 5.81. The van der Waals surface area contributed by atoms with Crippen LogP contribution in [0.3, 0.4) is 0 Å². The average molecular weight is 571 g/mol. The summed E-state index contributed by atoms with van der Waals surface area (Å²) in [5.41, 5.74) is 11.8. The maximum absolute atomic E-state index is 15.3. The predicted molar refractivity (Wildman–Crippen MR) is 132 cm³/mol. The number of sulfone groups is 1. The van der Waals surface area contributed by atoms with Gasteiger partial charge in [0.2, 0.25) is 5.91 Å². The fourth-order valence-corrected chi connectivity index (χ4v) is 6.25. The minimum Gasteiger partial charge on any atom is -0.403 e. The molecule has 1 saturated heterocycles. The highest BCUT2D eigenvalue weighted by molar-refractivity contribution is 7.91. The van der Waals surface area contributed by atoms with Gasteiger partial charge in [-0.25, -0.2) is 21.6 Å². The zero-order chi connectivity index (χ0) is 27.4. The van der Waals surface area contributed by atoms with Crippen molar-refractivity contribution in [3.63, 3.8) is 0 Å². The third-order valence-electron chi connectivity index (χ3n) is 6.26. The minimum atomic E-state index is -4.17. The average Bonchev–Trinajstić information content (AvgIpc) is 3.30. The molecule has 3 heterocycles. The van der Waals surface area contributed by atoms with Gasteiger partial charge >= 0.3 is 6.01 Å². The normalized spacial score (nSPS) is 22.7. The molecule has 1 unspecified atom stereocenters. The minimum absolute atomic E-state index is 0.0173. The van der Waals surface area contributed by atoms with Crippen molar-refractivity contribution in [3.8, 4) is 11.5 Å². The second-order valence-electron chi connectivity index (χ2n) is 9.33. The quantitative estimate of drug-likeness (QED) is 0.482. The van der Waals surface area contributed by atoms with Gasteiger partial charge in [-0.3, -0.25) is 4.79 Å². The van der Waals surface area contributed by atoms with E-state index in [0.717, 1.165) is 21.9 Å². The van der Waals surface area contributed by atoms with Crippen molar-refractivity contribution in [2.45, 2.75) is 35.9 Å². The Bertz CT molecular complexity index is 1500. The number of aromatic nitrogens is 2. The van der Waals surface area contributed by atoms with Crippen molar-refractivity contribution in [2.24, 2.45) is 11.5 Å². The molecule has 2 aliphatic heterocycles. The molecule has 202 valence electrons. The number of carbonyl (C=O) groups excluding carboxylic acids is 1. The van der Waals surface area contributed by atoms with Gasteiger partial charge in [0.1, 0.15) is 5.82 Å². The topological polar surface area (TPSA) is 149 Å². The summed E-state index contributed by atoms with van der Waals surface area (Å²) >= 11 is 5.94. The lowest BCUT2D eigenvalue weighted by molar-refractivity contribution is -0.119. The number of alkyl halides is 2. The number of rotatable bonds is 4. The van der Waals surface area contributed by atoms with Crippen LogP contribution in [0.5, 0.6) is 0 Å². The molecule has 0 spiro atoms. The van der Waals surface area contributed by atoms with Crippen LogP contribution in [-0.2, 0) is 21.2 Å². The number of amides is 1. The fraction of sp³-hybridized carbons (Fsp3) is 0.348. The molecule has 0 bridgehead atoms. The first kappa shape index (κ1) is 26.4. The Morgan fingerprint density at radius 3 is 2.55 bits per heavy atom. The molecule has 0 saturated carbocycles. The van der Waals surface area contributed by atoms with E-state index < -0.39 is 69.1 Å². The molecular formula is C23H22ClF3N6O4S. The van der Waals surface area contributed by atoms with E-state index in [0.29, 0.717) is 10.6 Å². The summed E-state index contributed by atoms with van der Waals surface area (Å²) in [5.74, 6) is -5.93. The number of halogens is 4. The Labute approximate surface area is 220 Å². The lowest BCUT2D eigenvalue weighted by Gasteiger charge is -2.34. The molecule has 2 atom stereocenters. The third kappa shape index (κ3) is 5.08. The highest BCUT2D eigenvalue weighted by Crippen LogP contribution is 2.38. The lowest BCUT2D eigenvalue weighted by atomic mass is 10.0. The monoisotopic (exact) mass is 570 g/mol. The Kier molecular flexibility index (Phi) is 6.62. The highest BCUT2D eigenvalue weighted by Gasteiger charge is 2.41. The number of hydrogen-bond donors (Lipinski definition) is 2. The van der Waals surface area contributed by atoms with Gasteiger partial charge in [0.25, 0.3) is 11.8 Å². The maximum atomic E-state index is 15.3. The molecule has 38 heavy (non-hydrogen) atoms. The van der Waals surface area contributed by atoms with Crippen LogP contribution in [0.4, 0.5) is 24.9 Å². The Morgan fingerprint density at radius 1 is 1.16 bits per heavy atom. The van der Waals surface area contributed by atoms with E-state index in [2.05, 4.69) is 10.2 Å². The molecule has 0 aliphatic carbocycles. The fourth-order valence-electron chi connectivity index (χ4n) is 4.56. The van der Waals surface area contributed by atoms with Gasteiger partial charge < -0.3 is 25.7 Å². The molecule has 1 amide bonds. The van der Waals surface area contributed by atoms with E-state index in [9.17, 15) is 22.0 Å². The van der Waals surface area contributed by atoms with Gasteiger partial charge in [0.05, 0.1) is 41.0 Å². The van der Waals surface area contributed by atoms with E-state index in [1.807, 2.05) is 0 Å². The van der Waals surface area contributed by atoms with Crippen LogP contribution in [0, 0.1) is 5.82 Å². The Balaban J connectivity index is 1.58. The summed E-state index contributed by atoms with van der Waals surface area (Å²) in [4.78, 5) is 15.0.